The average Bonchev–Trinajstić information content (AvgIpc) is 2.06. The molecule has 0 aromatic heterocycles. The summed E-state index contributed by atoms with van der Waals surface area (Å²) in [5, 5.41) is 0. The molecule has 0 spiro atoms. The largest absolute Gasteiger partial charge is 0.437 e. The van der Waals surface area contributed by atoms with Crippen molar-refractivity contribution in [1.82, 2.24) is 0 Å². The van der Waals surface area contributed by atoms with Crippen LogP contribution in [-0.2, 0) is 20.9 Å². The SMILES string of the molecule is CO[Si](C)(C)O[Si](C)(C)O[Si](C)(C)O[Si](C)(C)O[Si](C)(C)C. The summed E-state index contributed by atoms with van der Waals surface area (Å²) in [5.41, 5.74) is 0. The van der Waals surface area contributed by atoms with Crippen molar-refractivity contribution in [1.29, 1.82) is 0 Å². The Balaban J connectivity index is 4.88. The maximum atomic E-state index is 6.38. The van der Waals surface area contributed by atoms with E-state index in [1.54, 1.807) is 7.11 Å². The van der Waals surface area contributed by atoms with Crippen molar-refractivity contribution in [2.24, 2.45) is 0 Å². The minimum atomic E-state index is -2.32. The van der Waals surface area contributed by atoms with Crippen molar-refractivity contribution >= 4 is 42.6 Å². The Hall–Kier alpha value is 0.884. The molecule has 0 fully saturated rings. The lowest BCUT2D eigenvalue weighted by Crippen LogP contribution is -2.58. The fourth-order valence-electron chi connectivity index (χ4n) is 2.62. The molecular weight excluding hydrogens is 365 g/mol. The van der Waals surface area contributed by atoms with Gasteiger partial charge in [-0.3, -0.25) is 0 Å². The molecule has 0 heterocycles. The molecule has 0 atom stereocenters. The monoisotopic (exact) mass is 400 g/mol. The van der Waals surface area contributed by atoms with Crippen LogP contribution in [0.3, 0.4) is 0 Å². The molecule has 0 aliphatic rings. The van der Waals surface area contributed by atoms with Gasteiger partial charge < -0.3 is 20.9 Å². The summed E-state index contributed by atoms with van der Waals surface area (Å²) >= 11 is 0. The predicted molar refractivity (Wildman–Crippen MR) is 105 cm³/mol. The van der Waals surface area contributed by atoms with E-state index in [0.29, 0.717) is 0 Å². The van der Waals surface area contributed by atoms with E-state index in [0.717, 1.165) is 0 Å². The first-order valence-corrected chi connectivity index (χ1v) is 22.4. The van der Waals surface area contributed by atoms with Gasteiger partial charge in [-0.15, -0.1) is 0 Å². The normalized spacial score (nSPS) is 15.3. The summed E-state index contributed by atoms with van der Waals surface area (Å²) in [5.74, 6) is 0. The number of hydrogen-bond acceptors (Lipinski definition) is 5. The van der Waals surface area contributed by atoms with E-state index in [-0.39, 0.29) is 0 Å². The lowest BCUT2D eigenvalue weighted by molar-refractivity contribution is 0.258. The molecule has 22 heavy (non-hydrogen) atoms. The van der Waals surface area contributed by atoms with Gasteiger partial charge in [-0.05, 0) is 72.0 Å². The standard InChI is InChI=1S/C12H36O5Si5/c1-13-19(5,6)15-21(9,10)17-22(11,12)16-20(7,8)14-18(2,3)4/h1-12H3. The average molecular weight is 401 g/mol. The van der Waals surface area contributed by atoms with Gasteiger partial charge in [0.05, 0.1) is 0 Å². The third-order valence-corrected chi connectivity index (χ3v) is 19.7. The molecule has 0 saturated heterocycles. The van der Waals surface area contributed by atoms with Crippen molar-refractivity contribution in [2.75, 3.05) is 7.11 Å². The maximum absolute atomic E-state index is 6.38. The summed E-state index contributed by atoms with van der Waals surface area (Å²) in [4.78, 5) is 0. The topological polar surface area (TPSA) is 46.2 Å². The molecule has 134 valence electrons. The minimum Gasteiger partial charge on any atom is -0.437 e. The predicted octanol–water partition coefficient (Wildman–Crippen LogP) is 4.34. The first-order valence-electron chi connectivity index (χ1n) is 7.75. The second-order valence-corrected chi connectivity index (χ2v) is 27.4. The smallest absolute Gasteiger partial charge is 0.322 e. The Kier molecular flexibility index (Phi) is 7.71. The van der Waals surface area contributed by atoms with Crippen LogP contribution in [0, 0.1) is 0 Å². The van der Waals surface area contributed by atoms with Crippen LogP contribution in [0.15, 0.2) is 0 Å². The molecule has 0 aliphatic carbocycles. The van der Waals surface area contributed by atoms with Gasteiger partial charge in [0.2, 0.25) is 0 Å². The van der Waals surface area contributed by atoms with Crippen LogP contribution in [0.25, 0.3) is 0 Å². The zero-order valence-electron chi connectivity index (χ0n) is 16.5. The van der Waals surface area contributed by atoms with Gasteiger partial charge in [0.25, 0.3) is 0 Å². The van der Waals surface area contributed by atoms with Crippen molar-refractivity contribution in [3.05, 3.63) is 0 Å². The second kappa shape index (κ2) is 7.41. The molecule has 0 unspecified atom stereocenters. The molecule has 0 amide bonds. The van der Waals surface area contributed by atoms with Crippen LogP contribution >= 0.6 is 0 Å². The van der Waals surface area contributed by atoms with E-state index in [1.165, 1.54) is 0 Å². The fraction of sp³-hybridized carbons (Fsp3) is 1.00. The minimum absolute atomic E-state index is 1.62. The molecule has 0 N–H and O–H groups in total. The first kappa shape index (κ1) is 22.9. The summed E-state index contributed by atoms with van der Waals surface area (Å²) < 4.78 is 30.7. The molecule has 0 aliphatic heterocycles. The molecule has 0 aromatic rings. The highest BCUT2D eigenvalue weighted by Gasteiger charge is 2.45. The van der Waals surface area contributed by atoms with Crippen molar-refractivity contribution < 1.29 is 20.9 Å². The molecule has 0 rings (SSSR count). The summed E-state index contributed by atoms with van der Waals surface area (Å²) in [6.45, 7) is 23.1. The van der Waals surface area contributed by atoms with Crippen LogP contribution < -0.4 is 0 Å². The van der Waals surface area contributed by atoms with E-state index < -0.39 is 42.6 Å². The summed E-state index contributed by atoms with van der Waals surface area (Å²) in [6.07, 6.45) is 0. The lowest BCUT2D eigenvalue weighted by atomic mass is 11.8. The van der Waals surface area contributed by atoms with Gasteiger partial charge in [-0.2, -0.15) is 0 Å². The van der Waals surface area contributed by atoms with Gasteiger partial charge in [0.1, 0.15) is 0 Å². The second-order valence-electron chi connectivity index (χ2n) is 8.32. The van der Waals surface area contributed by atoms with Gasteiger partial charge >= 0.3 is 34.2 Å². The quantitative estimate of drug-likeness (QED) is 0.539. The van der Waals surface area contributed by atoms with Crippen molar-refractivity contribution in [3.63, 3.8) is 0 Å². The van der Waals surface area contributed by atoms with Crippen molar-refractivity contribution in [2.45, 2.75) is 72.0 Å². The maximum Gasteiger partial charge on any atom is 0.322 e. The zero-order chi connectivity index (χ0) is 18.0. The highest BCUT2D eigenvalue weighted by Crippen LogP contribution is 2.25. The van der Waals surface area contributed by atoms with E-state index >= 15 is 0 Å². The molecule has 0 aromatic carbocycles. The molecular formula is C12H36O5Si5. The van der Waals surface area contributed by atoms with Crippen LogP contribution in [0.2, 0.25) is 72.0 Å². The van der Waals surface area contributed by atoms with Crippen LogP contribution in [-0.4, -0.2) is 49.7 Å². The Labute approximate surface area is 142 Å². The molecule has 0 radical (unpaired) electrons. The highest BCUT2D eigenvalue weighted by molar-refractivity contribution is 6.89. The first-order chi connectivity index (χ1) is 9.39. The van der Waals surface area contributed by atoms with Crippen LogP contribution in [0.5, 0.6) is 0 Å². The van der Waals surface area contributed by atoms with E-state index in [4.69, 9.17) is 20.9 Å². The molecule has 10 heteroatoms. The van der Waals surface area contributed by atoms with Gasteiger partial charge in [-0.1, -0.05) is 0 Å². The van der Waals surface area contributed by atoms with E-state index in [2.05, 4.69) is 58.9 Å². The fourth-order valence-corrected chi connectivity index (χ4v) is 24.7. The number of rotatable bonds is 9. The Morgan fingerprint density at radius 2 is 0.682 bits per heavy atom. The lowest BCUT2D eigenvalue weighted by Gasteiger charge is -2.41. The van der Waals surface area contributed by atoms with Crippen LogP contribution in [0.1, 0.15) is 0 Å². The summed E-state index contributed by atoms with van der Waals surface area (Å²) in [7, 11) is -8.86. The van der Waals surface area contributed by atoms with E-state index in [9.17, 15) is 0 Å². The van der Waals surface area contributed by atoms with E-state index in [1.807, 2.05) is 13.1 Å². The van der Waals surface area contributed by atoms with Gasteiger partial charge in [0, 0.05) is 7.11 Å². The summed E-state index contributed by atoms with van der Waals surface area (Å²) in [6, 6.07) is 0. The molecule has 5 nitrogen and oxygen atoms in total. The zero-order valence-corrected chi connectivity index (χ0v) is 21.5. The number of hydrogen-bond donors (Lipinski definition) is 0. The Morgan fingerprint density at radius 3 is 0.955 bits per heavy atom. The molecule has 0 saturated carbocycles. The van der Waals surface area contributed by atoms with Gasteiger partial charge in [-0.25, -0.2) is 0 Å². The Bertz CT molecular complexity index is 365. The highest BCUT2D eigenvalue weighted by atomic mass is 28.5. The van der Waals surface area contributed by atoms with Gasteiger partial charge in [0.15, 0.2) is 8.32 Å². The van der Waals surface area contributed by atoms with Crippen LogP contribution in [0.4, 0.5) is 0 Å². The third-order valence-electron chi connectivity index (χ3n) is 2.52. The van der Waals surface area contributed by atoms with Crippen molar-refractivity contribution in [3.8, 4) is 0 Å². The third kappa shape index (κ3) is 10.6. The molecule has 0 bridgehead atoms. The Morgan fingerprint density at radius 1 is 0.409 bits per heavy atom.